The fourth-order valence-electron chi connectivity index (χ4n) is 2.50. The van der Waals surface area contributed by atoms with E-state index in [-0.39, 0.29) is 0 Å². The summed E-state index contributed by atoms with van der Waals surface area (Å²) in [5, 5.41) is 7.09. The van der Waals surface area contributed by atoms with Gasteiger partial charge in [0.25, 0.3) is 0 Å². The number of nitrogens with one attached hydrogen (secondary N) is 2. The third-order valence-corrected chi connectivity index (χ3v) is 3.98. The first kappa shape index (κ1) is 17.0. The van der Waals surface area contributed by atoms with Crippen LogP contribution >= 0.6 is 11.6 Å². The fraction of sp³-hybridized carbons (Fsp3) is 0.158. The van der Waals surface area contributed by atoms with Crippen molar-refractivity contribution in [2.75, 3.05) is 17.7 Å². The zero-order valence-corrected chi connectivity index (χ0v) is 15.1. The van der Waals surface area contributed by atoms with E-state index in [1.165, 1.54) is 0 Å². The Labute approximate surface area is 152 Å². The van der Waals surface area contributed by atoms with E-state index in [4.69, 9.17) is 16.3 Å². The SMILES string of the molecule is COc1ccc(Nc2ccnc(Nc3c(C)cc(C)cc3Cl)n2)cc1. The lowest BCUT2D eigenvalue weighted by Crippen LogP contribution is -2.02. The molecule has 3 rings (SSSR count). The molecule has 2 N–H and O–H groups in total. The molecule has 6 heteroatoms. The molecule has 0 saturated heterocycles. The second-order valence-corrected chi connectivity index (χ2v) is 6.09. The minimum atomic E-state index is 0.479. The highest BCUT2D eigenvalue weighted by Gasteiger charge is 2.08. The Morgan fingerprint density at radius 2 is 1.76 bits per heavy atom. The maximum atomic E-state index is 6.34. The van der Waals surface area contributed by atoms with Gasteiger partial charge < -0.3 is 15.4 Å². The number of methoxy groups -OCH3 is 1. The first-order chi connectivity index (χ1) is 12.0. The molecule has 0 aliphatic heterocycles. The quantitative estimate of drug-likeness (QED) is 0.656. The van der Waals surface area contributed by atoms with Gasteiger partial charge >= 0.3 is 0 Å². The first-order valence-corrected chi connectivity index (χ1v) is 8.21. The minimum Gasteiger partial charge on any atom is -0.497 e. The van der Waals surface area contributed by atoms with Gasteiger partial charge in [-0.25, -0.2) is 4.98 Å². The summed E-state index contributed by atoms with van der Waals surface area (Å²) in [4.78, 5) is 8.75. The summed E-state index contributed by atoms with van der Waals surface area (Å²) in [5.74, 6) is 1.97. The predicted molar refractivity (Wildman–Crippen MR) is 103 cm³/mol. The van der Waals surface area contributed by atoms with E-state index in [0.29, 0.717) is 16.8 Å². The Morgan fingerprint density at radius 1 is 1.00 bits per heavy atom. The summed E-state index contributed by atoms with van der Waals surface area (Å²) in [7, 11) is 1.64. The Morgan fingerprint density at radius 3 is 2.44 bits per heavy atom. The summed E-state index contributed by atoms with van der Waals surface area (Å²) in [6, 6.07) is 13.4. The summed E-state index contributed by atoms with van der Waals surface area (Å²) in [5.41, 5.74) is 3.88. The third-order valence-electron chi connectivity index (χ3n) is 3.69. The van der Waals surface area contributed by atoms with Crippen molar-refractivity contribution in [1.29, 1.82) is 0 Å². The second-order valence-electron chi connectivity index (χ2n) is 5.68. The smallest absolute Gasteiger partial charge is 0.229 e. The normalized spacial score (nSPS) is 10.4. The van der Waals surface area contributed by atoms with E-state index in [1.54, 1.807) is 19.4 Å². The molecule has 1 heterocycles. The third kappa shape index (κ3) is 4.19. The second kappa shape index (κ2) is 7.40. The van der Waals surface area contributed by atoms with Crippen molar-refractivity contribution in [1.82, 2.24) is 9.97 Å². The monoisotopic (exact) mass is 354 g/mol. The molecule has 0 saturated carbocycles. The van der Waals surface area contributed by atoms with E-state index in [9.17, 15) is 0 Å². The van der Waals surface area contributed by atoms with Crippen LogP contribution in [0.4, 0.5) is 23.1 Å². The van der Waals surface area contributed by atoms with Gasteiger partial charge in [-0.05, 0) is 61.4 Å². The molecular weight excluding hydrogens is 336 g/mol. The number of hydrogen-bond donors (Lipinski definition) is 2. The van der Waals surface area contributed by atoms with Crippen molar-refractivity contribution in [2.45, 2.75) is 13.8 Å². The van der Waals surface area contributed by atoms with E-state index in [0.717, 1.165) is 28.3 Å². The number of nitrogens with zero attached hydrogens (tertiary/aromatic N) is 2. The van der Waals surface area contributed by atoms with Gasteiger partial charge in [-0.1, -0.05) is 17.7 Å². The fourth-order valence-corrected chi connectivity index (χ4v) is 2.87. The summed E-state index contributed by atoms with van der Waals surface area (Å²) >= 11 is 6.34. The van der Waals surface area contributed by atoms with Crippen molar-refractivity contribution >= 4 is 34.7 Å². The Hall–Kier alpha value is -2.79. The van der Waals surface area contributed by atoms with Gasteiger partial charge in [0.05, 0.1) is 17.8 Å². The predicted octanol–water partition coefficient (Wildman–Crippen LogP) is 5.24. The molecule has 2 aromatic carbocycles. The van der Waals surface area contributed by atoms with Crippen LogP contribution in [0.5, 0.6) is 5.75 Å². The van der Waals surface area contributed by atoms with E-state index in [2.05, 4.69) is 26.7 Å². The molecule has 0 aliphatic rings. The topological polar surface area (TPSA) is 59.1 Å². The van der Waals surface area contributed by atoms with Crippen LogP contribution in [0.15, 0.2) is 48.7 Å². The number of halogens is 1. The van der Waals surface area contributed by atoms with Crippen molar-refractivity contribution in [3.63, 3.8) is 0 Å². The van der Waals surface area contributed by atoms with Crippen LogP contribution in [-0.2, 0) is 0 Å². The molecule has 0 spiro atoms. The number of aromatic nitrogens is 2. The Kier molecular flexibility index (Phi) is 5.05. The van der Waals surface area contributed by atoms with Crippen molar-refractivity contribution < 1.29 is 4.74 Å². The van der Waals surface area contributed by atoms with Gasteiger partial charge in [0.1, 0.15) is 11.6 Å². The van der Waals surface area contributed by atoms with Crippen LogP contribution < -0.4 is 15.4 Å². The van der Waals surface area contributed by atoms with Crippen LogP contribution in [0.3, 0.4) is 0 Å². The lowest BCUT2D eigenvalue weighted by molar-refractivity contribution is 0.415. The first-order valence-electron chi connectivity index (χ1n) is 7.83. The zero-order valence-electron chi connectivity index (χ0n) is 14.3. The van der Waals surface area contributed by atoms with Crippen LogP contribution in [0.25, 0.3) is 0 Å². The summed E-state index contributed by atoms with van der Waals surface area (Å²) in [6.45, 7) is 4.01. The Balaban J connectivity index is 1.79. The number of hydrogen-bond acceptors (Lipinski definition) is 5. The highest BCUT2D eigenvalue weighted by molar-refractivity contribution is 6.33. The molecular formula is C19H19ClN4O. The highest BCUT2D eigenvalue weighted by atomic mass is 35.5. The standard InChI is InChI=1S/C19H19ClN4O/c1-12-10-13(2)18(16(20)11-12)24-19-21-9-8-17(23-19)22-14-4-6-15(25-3)7-5-14/h4-11H,1-3H3,(H2,21,22,23,24). The van der Waals surface area contributed by atoms with Crippen LogP contribution in [0.2, 0.25) is 5.02 Å². The number of ether oxygens (including phenoxy) is 1. The average Bonchev–Trinajstić information content (AvgIpc) is 2.59. The Bertz CT molecular complexity index is 858. The zero-order chi connectivity index (χ0) is 17.8. The molecule has 0 bridgehead atoms. The van der Waals surface area contributed by atoms with Crippen molar-refractivity contribution in [3.05, 3.63) is 64.8 Å². The minimum absolute atomic E-state index is 0.479. The maximum absolute atomic E-state index is 6.34. The van der Waals surface area contributed by atoms with Gasteiger partial charge in [0.15, 0.2) is 0 Å². The molecule has 128 valence electrons. The van der Waals surface area contributed by atoms with Crippen LogP contribution in [0, 0.1) is 13.8 Å². The summed E-state index contributed by atoms with van der Waals surface area (Å²) < 4.78 is 5.16. The molecule has 25 heavy (non-hydrogen) atoms. The van der Waals surface area contributed by atoms with E-state index in [1.807, 2.05) is 44.2 Å². The number of benzene rings is 2. The van der Waals surface area contributed by atoms with Crippen molar-refractivity contribution in [3.8, 4) is 5.75 Å². The molecule has 0 aliphatic carbocycles. The molecule has 3 aromatic rings. The van der Waals surface area contributed by atoms with Gasteiger partial charge in [0, 0.05) is 11.9 Å². The molecule has 0 unspecified atom stereocenters. The number of rotatable bonds is 5. The summed E-state index contributed by atoms with van der Waals surface area (Å²) in [6.07, 6.45) is 1.69. The largest absolute Gasteiger partial charge is 0.497 e. The van der Waals surface area contributed by atoms with Crippen LogP contribution in [-0.4, -0.2) is 17.1 Å². The van der Waals surface area contributed by atoms with Gasteiger partial charge in [-0.15, -0.1) is 0 Å². The average molecular weight is 355 g/mol. The number of aryl methyl sites for hydroxylation is 2. The molecule has 1 aromatic heterocycles. The molecule has 5 nitrogen and oxygen atoms in total. The number of anilines is 4. The van der Waals surface area contributed by atoms with Gasteiger partial charge in [0.2, 0.25) is 5.95 Å². The van der Waals surface area contributed by atoms with Gasteiger partial charge in [-0.2, -0.15) is 4.98 Å². The van der Waals surface area contributed by atoms with Gasteiger partial charge in [-0.3, -0.25) is 0 Å². The molecule has 0 fully saturated rings. The molecule has 0 amide bonds. The highest BCUT2D eigenvalue weighted by Crippen LogP contribution is 2.29. The maximum Gasteiger partial charge on any atom is 0.229 e. The van der Waals surface area contributed by atoms with E-state index >= 15 is 0 Å². The van der Waals surface area contributed by atoms with Crippen LogP contribution in [0.1, 0.15) is 11.1 Å². The van der Waals surface area contributed by atoms with E-state index < -0.39 is 0 Å². The lowest BCUT2D eigenvalue weighted by Gasteiger charge is -2.12. The lowest BCUT2D eigenvalue weighted by atomic mass is 10.1. The molecule has 0 atom stereocenters. The molecule has 0 radical (unpaired) electrons. The van der Waals surface area contributed by atoms with Crippen molar-refractivity contribution in [2.24, 2.45) is 0 Å².